The lowest BCUT2D eigenvalue weighted by atomic mass is 10.2. The molecule has 3 heterocycles. The molecule has 1 aliphatic rings. The van der Waals surface area contributed by atoms with Gasteiger partial charge in [0.1, 0.15) is 6.23 Å². The molecule has 0 bridgehead atoms. The van der Waals surface area contributed by atoms with Crippen molar-refractivity contribution in [3.63, 3.8) is 0 Å². The molecule has 0 radical (unpaired) electrons. The molecule has 164 valence electrons. The van der Waals surface area contributed by atoms with Crippen LogP contribution in [0.25, 0.3) is 11.4 Å². The zero-order valence-corrected chi connectivity index (χ0v) is 17.2. The van der Waals surface area contributed by atoms with E-state index in [1.165, 1.54) is 12.1 Å². The van der Waals surface area contributed by atoms with Gasteiger partial charge in [-0.15, -0.1) is 13.9 Å². The molecule has 1 atom stereocenters. The Balaban J connectivity index is 1.65. The van der Waals surface area contributed by atoms with E-state index in [1.54, 1.807) is 10.7 Å². The number of likely N-dealkylation sites (N-methyl/N-ethyl adjacent to an activating group) is 1. The van der Waals surface area contributed by atoms with Crippen LogP contribution < -0.4 is 20.1 Å². The molecule has 1 unspecified atom stereocenters. The first kappa shape index (κ1) is 20.9. The molecule has 0 fully saturated rings. The van der Waals surface area contributed by atoms with Gasteiger partial charge in [-0.05, 0) is 44.7 Å². The summed E-state index contributed by atoms with van der Waals surface area (Å²) in [6.45, 7) is 6.40. The zero-order valence-electron chi connectivity index (χ0n) is 17.2. The van der Waals surface area contributed by atoms with Crippen LogP contribution in [-0.2, 0) is 6.54 Å². The standard InChI is InChI=1S/C20H22F2N6O3/c1-4-23-17(29)10-28-18(13-7-11(2)24-12(3)8-13)26-19(27-28)25-14-5-6-15-16(9-14)31-20(21,22)30-15/h5-9,17,23,29H,4,10H2,1-3H3,(H,25,27). The quantitative estimate of drug-likeness (QED) is 0.490. The third kappa shape index (κ3) is 4.72. The number of fused-ring (bicyclic) bond motifs is 1. The number of anilines is 2. The highest BCUT2D eigenvalue weighted by Crippen LogP contribution is 2.42. The Labute approximate surface area is 177 Å². The van der Waals surface area contributed by atoms with Gasteiger partial charge in [-0.1, -0.05) is 6.92 Å². The van der Waals surface area contributed by atoms with Gasteiger partial charge in [0.25, 0.3) is 0 Å². The molecule has 1 aromatic carbocycles. The van der Waals surface area contributed by atoms with E-state index in [-0.39, 0.29) is 24.0 Å². The molecule has 1 aliphatic heterocycles. The molecule has 4 rings (SSSR count). The van der Waals surface area contributed by atoms with E-state index in [1.807, 2.05) is 32.9 Å². The normalized spacial score (nSPS) is 15.2. The van der Waals surface area contributed by atoms with Crippen molar-refractivity contribution in [1.29, 1.82) is 0 Å². The van der Waals surface area contributed by atoms with Crippen molar-refractivity contribution in [3.05, 3.63) is 41.7 Å². The molecule has 11 heteroatoms. The van der Waals surface area contributed by atoms with E-state index in [0.717, 1.165) is 17.0 Å². The van der Waals surface area contributed by atoms with Gasteiger partial charge in [0.2, 0.25) is 5.95 Å². The molecule has 2 aromatic heterocycles. The van der Waals surface area contributed by atoms with Crippen LogP contribution in [0.4, 0.5) is 20.4 Å². The van der Waals surface area contributed by atoms with Gasteiger partial charge in [0, 0.05) is 28.7 Å². The van der Waals surface area contributed by atoms with E-state index < -0.39 is 12.5 Å². The number of ether oxygens (including phenoxy) is 2. The van der Waals surface area contributed by atoms with Gasteiger partial charge in [0.05, 0.1) is 6.54 Å². The largest absolute Gasteiger partial charge is 0.586 e. The number of rotatable bonds is 7. The zero-order chi connectivity index (χ0) is 22.2. The maximum absolute atomic E-state index is 13.3. The number of nitrogens with zero attached hydrogens (tertiary/aromatic N) is 4. The van der Waals surface area contributed by atoms with Gasteiger partial charge >= 0.3 is 6.29 Å². The van der Waals surface area contributed by atoms with Crippen LogP contribution in [0.2, 0.25) is 0 Å². The third-order valence-electron chi connectivity index (χ3n) is 4.45. The Bertz CT molecular complexity index is 1080. The number of aryl methyl sites for hydroxylation is 2. The summed E-state index contributed by atoms with van der Waals surface area (Å²) in [6, 6.07) is 8.06. The minimum atomic E-state index is -3.69. The van der Waals surface area contributed by atoms with E-state index in [9.17, 15) is 13.9 Å². The monoisotopic (exact) mass is 432 g/mol. The van der Waals surface area contributed by atoms with Crippen molar-refractivity contribution in [2.24, 2.45) is 0 Å². The maximum Gasteiger partial charge on any atom is 0.586 e. The molecule has 0 spiro atoms. The summed E-state index contributed by atoms with van der Waals surface area (Å²) >= 11 is 0. The molecular formula is C20H22F2N6O3. The summed E-state index contributed by atoms with van der Waals surface area (Å²) in [5.74, 6) is 0.626. The number of pyridine rings is 1. The van der Waals surface area contributed by atoms with Gasteiger partial charge in [-0.3, -0.25) is 10.3 Å². The smallest absolute Gasteiger partial charge is 0.395 e. The second kappa shape index (κ2) is 8.08. The minimum Gasteiger partial charge on any atom is -0.395 e. The first-order valence-corrected chi connectivity index (χ1v) is 9.71. The average Bonchev–Trinajstić information content (AvgIpc) is 3.19. The number of benzene rings is 1. The summed E-state index contributed by atoms with van der Waals surface area (Å²) in [7, 11) is 0. The fraction of sp³-hybridized carbons (Fsp3) is 0.350. The van der Waals surface area contributed by atoms with Crippen LogP contribution in [-0.4, -0.2) is 43.9 Å². The highest BCUT2D eigenvalue weighted by Gasteiger charge is 2.43. The first-order valence-electron chi connectivity index (χ1n) is 9.71. The number of aromatic nitrogens is 4. The SMILES string of the molecule is CCNC(O)Cn1nc(Nc2ccc3c(c2)OC(F)(F)O3)nc1-c1cc(C)nc(C)c1. The number of nitrogens with one attached hydrogen (secondary N) is 2. The molecule has 31 heavy (non-hydrogen) atoms. The van der Waals surface area contributed by atoms with E-state index in [0.29, 0.717) is 18.1 Å². The molecule has 0 saturated heterocycles. The molecule has 9 nitrogen and oxygen atoms in total. The van der Waals surface area contributed by atoms with Gasteiger partial charge < -0.3 is 19.9 Å². The van der Waals surface area contributed by atoms with Crippen LogP contribution in [0, 0.1) is 13.8 Å². The van der Waals surface area contributed by atoms with Crippen molar-refractivity contribution in [1.82, 2.24) is 25.1 Å². The predicted octanol–water partition coefficient (Wildman–Crippen LogP) is 2.95. The highest BCUT2D eigenvalue weighted by atomic mass is 19.3. The van der Waals surface area contributed by atoms with Crippen LogP contribution >= 0.6 is 0 Å². The molecular weight excluding hydrogens is 410 g/mol. The highest BCUT2D eigenvalue weighted by molar-refractivity contribution is 5.63. The van der Waals surface area contributed by atoms with Gasteiger partial charge in [0.15, 0.2) is 17.3 Å². The second-order valence-electron chi connectivity index (χ2n) is 7.11. The predicted molar refractivity (Wildman–Crippen MR) is 108 cm³/mol. The molecule has 3 aromatic rings. The Morgan fingerprint density at radius 2 is 1.81 bits per heavy atom. The number of hydrogen-bond acceptors (Lipinski definition) is 8. The Morgan fingerprint density at radius 3 is 2.52 bits per heavy atom. The lowest BCUT2D eigenvalue weighted by Gasteiger charge is -2.13. The molecule has 0 amide bonds. The summed E-state index contributed by atoms with van der Waals surface area (Å²) in [5.41, 5.74) is 2.88. The van der Waals surface area contributed by atoms with Gasteiger partial charge in [-0.25, -0.2) is 4.68 Å². The van der Waals surface area contributed by atoms with Crippen molar-refractivity contribution < 1.29 is 23.4 Å². The van der Waals surface area contributed by atoms with E-state index >= 15 is 0 Å². The fourth-order valence-electron chi connectivity index (χ4n) is 3.32. The molecule has 3 N–H and O–H groups in total. The summed E-state index contributed by atoms with van der Waals surface area (Å²) in [6.07, 6.45) is -4.51. The van der Waals surface area contributed by atoms with Crippen LogP contribution in [0.1, 0.15) is 18.3 Å². The number of aliphatic hydroxyl groups excluding tert-OH is 1. The first-order chi connectivity index (χ1) is 14.7. The number of aliphatic hydroxyl groups is 1. The fourth-order valence-corrected chi connectivity index (χ4v) is 3.32. The summed E-state index contributed by atoms with van der Waals surface area (Å²) < 4.78 is 37.0. The van der Waals surface area contributed by atoms with Crippen molar-refractivity contribution in [2.45, 2.75) is 39.8 Å². The van der Waals surface area contributed by atoms with E-state index in [2.05, 4.69) is 35.2 Å². The Hall–Kier alpha value is -3.31. The number of halogens is 2. The lowest BCUT2D eigenvalue weighted by molar-refractivity contribution is -0.286. The minimum absolute atomic E-state index is 0.0498. The van der Waals surface area contributed by atoms with E-state index in [4.69, 9.17) is 0 Å². The van der Waals surface area contributed by atoms with Gasteiger partial charge in [-0.2, -0.15) is 4.98 Å². The summed E-state index contributed by atoms with van der Waals surface area (Å²) in [5, 5.41) is 20.6. The average molecular weight is 432 g/mol. The second-order valence-corrected chi connectivity index (χ2v) is 7.11. The Kier molecular flexibility index (Phi) is 5.46. The van der Waals surface area contributed by atoms with Crippen LogP contribution in [0.3, 0.4) is 0 Å². The topological polar surface area (TPSA) is 106 Å². The van der Waals surface area contributed by atoms with Crippen LogP contribution in [0.15, 0.2) is 30.3 Å². The summed E-state index contributed by atoms with van der Waals surface area (Å²) in [4.78, 5) is 8.92. The Morgan fingerprint density at radius 1 is 1.10 bits per heavy atom. The van der Waals surface area contributed by atoms with Crippen LogP contribution in [0.5, 0.6) is 11.5 Å². The molecule has 0 aliphatic carbocycles. The van der Waals surface area contributed by atoms with Crippen molar-refractivity contribution >= 4 is 11.6 Å². The maximum atomic E-state index is 13.3. The van der Waals surface area contributed by atoms with Crippen molar-refractivity contribution in [2.75, 3.05) is 11.9 Å². The molecule has 0 saturated carbocycles. The lowest BCUT2D eigenvalue weighted by Crippen LogP contribution is -2.33. The van der Waals surface area contributed by atoms with Crippen molar-refractivity contribution in [3.8, 4) is 22.9 Å². The number of hydrogen-bond donors (Lipinski definition) is 3. The third-order valence-corrected chi connectivity index (χ3v) is 4.45. The number of alkyl halides is 2.